The third-order valence-electron chi connectivity index (χ3n) is 6.05. The van der Waals surface area contributed by atoms with E-state index in [-0.39, 0.29) is 22.5 Å². The summed E-state index contributed by atoms with van der Waals surface area (Å²) in [5.74, 6) is -0.549. The molecule has 11 heteroatoms. The van der Waals surface area contributed by atoms with Crippen LogP contribution < -0.4 is 10.2 Å². The van der Waals surface area contributed by atoms with E-state index in [1.807, 2.05) is 4.90 Å². The van der Waals surface area contributed by atoms with Gasteiger partial charge >= 0.3 is 12.4 Å². The maximum absolute atomic E-state index is 13.4. The Morgan fingerprint density at radius 3 is 2.29 bits per heavy atom. The van der Waals surface area contributed by atoms with Crippen LogP contribution in [0, 0.1) is 0 Å². The molecular formula is C23H21F6N3OS. The van der Waals surface area contributed by atoms with Crippen LogP contribution in [0.1, 0.15) is 45.9 Å². The summed E-state index contributed by atoms with van der Waals surface area (Å²) in [6.07, 6.45) is -6.72. The molecular weight excluding hydrogens is 480 g/mol. The van der Waals surface area contributed by atoms with Crippen LogP contribution in [-0.2, 0) is 12.4 Å². The number of hydrogen-bond donors (Lipinski definition) is 1. The van der Waals surface area contributed by atoms with Gasteiger partial charge in [-0.15, -0.1) is 11.3 Å². The molecule has 1 aliphatic carbocycles. The van der Waals surface area contributed by atoms with Crippen molar-refractivity contribution in [2.24, 2.45) is 0 Å². The smallest absolute Gasteiger partial charge is 0.371 e. The average Bonchev–Trinajstić information content (AvgIpc) is 3.29. The number of thiophene rings is 1. The number of hydrogen-bond acceptors (Lipinski definition) is 4. The summed E-state index contributed by atoms with van der Waals surface area (Å²) in [5.41, 5.74) is -0.263. The summed E-state index contributed by atoms with van der Waals surface area (Å²) in [6, 6.07) is 9.50. The highest BCUT2D eigenvalue weighted by Gasteiger charge is 2.35. The first kappa shape index (κ1) is 24.3. The molecule has 0 radical (unpaired) electrons. The Kier molecular flexibility index (Phi) is 6.50. The molecule has 182 valence electrons. The lowest BCUT2D eigenvalue weighted by atomic mass is 9.89. The number of benzene rings is 1. The van der Waals surface area contributed by atoms with Gasteiger partial charge in [0.25, 0.3) is 5.91 Å². The Morgan fingerprint density at radius 2 is 1.68 bits per heavy atom. The first-order chi connectivity index (χ1) is 15.9. The number of amides is 1. The Labute approximate surface area is 195 Å². The fraction of sp³-hybridized carbons (Fsp3) is 0.391. The largest absolute Gasteiger partial charge is 0.433 e. The Hall–Kier alpha value is -2.82. The Morgan fingerprint density at radius 1 is 1.00 bits per heavy atom. The standard InChI is InChI=1S/C23H21F6N3OS/c1-32(17-12-19(22(24,25)26)31-16-5-3-2-4-15(16)17)14-8-6-13(7-9-14)30-21(33)18-10-11-20(34-18)23(27,28)29/h2-5,10-14H,6-9H2,1H3,(H,30,33)/t13-,14+. The fourth-order valence-electron chi connectivity index (χ4n) is 4.27. The average molecular weight is 501 g/mol. The van der Waals surface area contributed by atoms with E-state index >= 15 is 0 Å². The molecule has 0 spiro atoms. The van der Waals surface area contributed by atoms with Gasteiger partial charge in [-0.1, -0.05) is 18.2 Å². The molecule has 0 atom stereocenters. The molecule has 3 aromatic rings. The minimum absolute atomic E-state index is 0.00509. The Balaban J connectivity index is 1.44. The van der Waals surface area contributed by atoms with Crippen molar-refractivity contribution in [3.63, 3.8) is 0 Å². The minimum Gasteiger partial charge on any atom is -0.371 e. The molecule has 1 N–H and O–H groups in total. The van der Waals surface area contributed by atoms with Crippen LogP contribution in [0.25, 0.3) is 10.9 Å². The summed E-state index contributed by atoms with van der Waals surface area (Å²) in [4.78, 5) is 17.1. The number of aromatic nitrogens is 1. The summed E-state index contributed by atoms with van der Waals surface area (Å²) >= 11 is 0.401. The number of pyridine rings is 1. The SMILES string of the molecule is CN(c1cc(C(F)(F)F)nc2ccccc12)[C@H]1CC[C@@H](NC(=O)c2ccc(C(F)(F)F)s2)CC1. The Bertz CT molecular complexity index is 1180. The number of fused-ring (bicyclic) bond motifs is 1. The predicted molar refractivity (Wildman–Crippen MR) is 118 cm³/mol. The number of para-hydroxylation sites is 1. The van der Waals surface area contributed by atoms with Crippen molar-refractivity contribution >= 4 is 33.8 Å². The second-order valence-electron chi connectivity index (χ2n) is 8.29. The molecule has 0 bridgehead atoms. The van der Waals surface area contributed by atoms with Gasteiger partial charge < -0.3 is 10.2 Å². The van der Waals surface area contributed by atoms with Gasteiger partial charge in [-0.25, -0.2) is 4.98 Å². The normalized spacial score (nSPS) is 19.3. The van der Waals surface area contributed by atoms with E-state index in [0.717, 1.165) is 18.2 Å². The molecule has 0 saturated heterocycles. The van der Waals surface area contributed by atoms with E-state index in [1.165, 1.54) is 0 Å². The van der Waals surface area contributed by atoms with Crippen molar-refractivity contribution in [1.29, 1.82) is 0 Å². The van der Waals surface area contributed by atoms with Gasteiger partial charge in [-0.3, -0.25) is 4.79 Å². The summed E-state index contributed by atoms with van der Waals surface area (Å²) < 4.78 is 78.5. The van der Waals surface area contributed by atoms with Gasteiger partial charge in [0.2, 0.25) is 0 Å². The van der Waals surface area contributed by atoms with Crippen LogP contribution in [0.4, 0.5) is 32.0 Å². The maximum Gasteiger partial charge on any atom is 0.433 e. The van der Waals surface area contributed by atoms with Crippen LogP contribution >= 0.6 is 11.3 Å². The molecule has 1 fully saturated rings. The quantitative estimate of drug-likeness (QED) is 0.415. The van der Waals surface area contributed by atoms with Crippen molar-refractivity contribution in [2.45, 2.75) is 50.1 Å². The summed E-state index contributed by atoms with van der Waals surface area (Å²) in [6.45, 7) is 0. The molecule has 4 nitrogen and oxygen atoms in total. The predicted octanol–water partition coefficient (Wildman–Crippen LogP) is 6.51. The number of nitrogens with zero attached hydrogens (tertiary/aromatic N) is 2. The molecule has 0 aliphatic heterocycles. The molecule has 34 heavy (non-hydrogen) atoms. The van der Waals surface area contributed by atoms with Crippen LogP contribution in [0.15, 0.2) is 42.5 Å². The fourth-order valence-corrected chi connectivity index (χ4v) is 5.04. The third-order valence-corrected chi connectivity index (χ3v) is 7.18. The van der Waals surface area contributed by atoms with E-state index in [0.29, 0.717) is 48.1 Å². The van der Waals surface area contributed by atoms with Gasteiger partial charge in [-0.05, 0) is 49.9 Å². The molecule has 1 aliphatic rings. The topological polar surface area (TPSA) is 45.2 Å². The molecule has 1 aromatic carbocycles. The van der Waals surface area contributed by atoms with Gasteiger partial charge in [0.15, 0.2) is 0 Å². The second kappa shape index (κ2) is 9.09. The zero-order valence-corrected chi connectivity index (χ0v) is 18.8. The van der Waals surface area contributed by atoms with Crippen LogP contribution in [0.5, 0.6) is 0 Å². The van der Waals surface area contributed by atoms with Crippen molar-refractivity contribution in [3.8, 4) is 0 Å². The molecule has 1 saturated carbocycles. The van der Waals surface area contributed by atoms with Crippen molar-refractivity contribution in [1.82, 2.24) is 10.3 Å². The third kappa shape index (κ3) is 5.13. The van der Waals surface area contributed by atoms with Gasteiger partial charge in [-0.2, -0.15) is 26.3 Å². The zero-order valence-electron chi connectivity index (χ0n) is 18.0. The van der Waals surface area contributed by atoms with E-state index in [2.05, 4.69) is 10.3 Å². The number of rotatable bonds is 4. The number of halogens is 6. The first-order valence-corrected chi connectivity index (χ1v) is 11.4. The van der Waals surface area contributed by atoms with Crippen LogP contribution in [0.3, 0.4) is 0 Å². The minimum atomic E-state index is -4.57. The van der Waals surface area contributed by atoms with Gasteiger partial charge in [0.05, 0.1) is 10.4 Å². The molecule has 0 unspecified atom stereocenters. The monoisotopic (exact) mass is 501 g/mol. The number of carbonyl (C=O) groups is 1. The lowest BCUT2D eigenvalue weighted by Gasteiger charge is -2.36. The molecule has 2 heterocycles. The highest BCUT2D eigenvalue weighted by atomic mass is 32.1. The summed E-state index contributed by atoms with van der Waals surface area (Å²) in [5, 5.41) is 3.40. The number of nitrogens with one attached hydrogen (secondary N) is 1. The lowest BCUT2D eigenvalue weighted by Crippen LogP contribution is -2.42. The summed E-state index contributed by atoms with van der Waals surface area (Å²) in [7, 11) is 1.75. The molecule has 2 aromatic heterocycles. The van der Waals surface area contributed by atoms with Crippen molar-refractivity contribution < 1.29 is 31.1 Å². The van der Waals surface area contributed by atoms with Crippen molar-refractivity contribution in [3.05, 3.63) is 57.9 Å². The number of anilines is 1. The van der Waals surface area contributed by atoms with E-state index in [9.17, 15) is 31.1 Å². The van der Waals surface area contributed by atoms with E-state index in [1.54, 1.807) is 31.3 Å². The molecule has 1 amide bonds. The highest BCUT2D eigenvalue weighted by molar-refractivity contribution is 7.14. The zero-order chi connectivity index (χ0) is 24.7. The number of alkyl halides is 6. The first-order valence-electron chi connectivity index (χ1n) is 10.6. The second-order valence-corrected chi connectivity index (χ2v) is 9.38. The van der Waals surface area contributed by atoms with Gasteiger partial charge in [0, 0.05) is 30.2 Å². The van der Waals surface area contributed by atoms with E-state index < -0.39 is 28.8 Å². The van der Waals surface area contributed by atoms with Gasteiger partial charge in [0.1, 0.15) is 10.6 Å². The van der Waals surface area contributed by atoms with E-state index in [4.69, 9.17) is 0 Å². The van der Waals surface area contributed by atoms with Crippen LogP contribution in [-0.4, -0.2) is 30.0 Å². The van der Waals surface area contributed by atoms with Crippen molar-refractivity contribution in [2.75, 3.05) is 11.9 Å². The highest BCUT2D eigenvalue weighted by Crippen LogP contribution is 2.37. The van der Waals surface area contributed by atoms with Crippen LogP contribution in [0.2, 0.25) is 0 Å². The molecule has 4 rings (SSSR count). The lowest BCUT2D eigenvalue weighted by molar-refractivity contribution is -0.141. The maximum atomic E-state index is 13.4. The number of carbonyl (C=O) groups excluding carboxylic acids is 1.